The zero-order valence-electron chi connectivity index (χ0n) is 8.24. The molecule has 0 radical (unpaired) electrons. The highest BCUT2D eigenvalue weighted by Crippen LogP contribution is 2.25. The Kier molecular flexibility index (Phi) is 2.96. The molecule has 1 aromatic rings. The number of anilines is 2. The van der Waals surface area contributed by atoms with Crippen molar-refractivity contribution < 1.29 is 9.90 Å². The summed E-state index contributed by atoms with van der Waals surface area (Å²) < 4.78 is 0. The second-order valence-electron chi connectivity index (χ2n) is 3.42. The van der Waals surface area contributed by atoms with Crippen LogP contribution in [0.3, 0.4) is 0 Å². The molecule has 76 valence electrons. The summed E-state index contributed by atoms with van der Waals surface area (Å²) in [7, 11) is 0. The van der Waals surface area contributed by atoms with E-state index in [1.807, 2.05) is 0 Å². The van der Waals surface area contributed by atoms with Crippen molar-refractivity contribution in [3.05, 3.63) is 18.2 Å². The molecule has 0 heterocycles. The molecule has 0 aliphatic rings. The zero-order valence-corrected chi connectivity index (χ0v) is 8.24. The van der Waals surface area contributed by atoms with Crippen molar-refractivity contribution in [2.45, 2.75) is 13.8 Å². The van der Waals surface area contributed by atoms with Gasteiger partial charge in [0.2, 0.25) is 5.91 Å². The van der Waals surface area contributed by atoms with Crippen molar-refractivity contribution in [2.24, 2.45) is 5.92 Å². The van der Waals surface area contributed by atoms with E-state index in [1.54, 1.807) is 19.9 Å². The number of nitrogen functional groups attached to an aromatic ring is 1. The Bertz CT molecular complexity index is 348. The number of rotatable bonds is 2. The molecule has 1 rings (SSSR count). The fraction of sp³-hybridized carbons (Fsp3) is 0.300. The van der Waals surface area contributed by atoms with Gasteiger partial charge in [-0.2, -0.15) is 0 Å². The number of hydrogen-bond donors (Lipinski definition) is 3. The summed E-state index contributed by atoms with van der Waals surface area (Å²) in [5.41, 5.74) is 6.37. The van der Waals surface area contributed by atoms with Crippen LogP contribution in [0.1, 0.15) is 13.8 Å². The van der Waals surface area contributed by atoms with Gasteiger partial charge in [0.15, 0.2) is 0 Å². The Balaban J connectivity index is 2.86. The predicted octanol–water partition coefficient (Wildman–Crippen LogP) is 1.57. The van der Waals surface area contributed by atoms with Gasteiger partial charge in [-0.3, -0.25) is 4.79 Å². The second-order valence-corrected chi connectivity index (χ2v) is 3.42. The monoisotopic (exact) mass is 194 g/mol. The van der Waals surface area contributed by atoms with E-state index in [-0.39, 0.29) is 17.6 Å². The fourth-order valence-corrected chi connectivity index (χ4v) is 0.931. The standard InChI is InChI=1S/C10H14N2O2/c1-6(2)10(14)12-8-5-7(11)3-4-9(8)13/h3-6,13H,11H2,1-2H3,(H,12,14). The third-order valence-electron chi connectivity index (χ3n) is 1.80. The number of hydrogen-bond acceptors (Lipinski definition) is 3. The summed E-state index contributed by atoms with van der Waals surface area (Å²) in [4.78, 5) is 11.3. The van der Waals surface area contributed by atoms with E-state index in [2.05, 4.69) is 5.32 Å². The van der Waals surface area contributed by atoms with Crippen molar-refractivity contribution in [1.29, 1.82) is 0 Å². The van der Waals surface area contributed by atoms with E-state index >= 15 is 0 Å². The van der Waals surface area contributed by atoms with Crippen LogP contribution in [0.2, 0.25) is 0 Å². The molecule has 0 aliphatic heterocycles. The Morgan fingerprint density at radius 2 is 2.14 bits per heavy atom. The van der Waals surface area contributed by atoms with Gasteiger partial charge in [-0.25, -0.2) is 0 Å². The van der Waals surface area contributed by atoms with Crippen LogP contribution in [0.5, 0.6) is 5.75 Å². The number of phenolic OH excluding ortho intramolecular Hbond substituents is 1. The summed E-state index contributed by atoms with van der Waals surface area (Å²) >= 11 is 0. The maximum Gasteiger partial charge on any atom is 0.227 e. The Morgan fingerprint density at radius 3 is 2.71 bits per heavy atom. The first kappa shape index (κ1) is 10.4. The first-order valence-corrected chi connectivity index (χ1v) is 4.40. The lowest BCUT2D eigenvalue weighted by Crippen LogP contribution is -2.17. The molecule has 0 saturated heterocycles. The second kappa shape index (κ2) is 4.00. The highest BCUT2D eigenvalue weighted by molar-refractivity contribution is 5.93. The van der Waals surface area contributed by atoms with E-state index in [4.69, 9.17) is 5.73 Å². The van der Waals surface area contributed by atoms with Crippen molar-refractivity contribution in [2.75, 3.05) is 11.1 Å². The van der Waals surface area contributed by atoms with Crippen LogP contribution < -0.4 is 11.1 Å². The SMILES string of the molecule is CC(C)C(=O)Nc1cc(N)ccc1O. The van der Waals surface area contributed by atoms with Gasteiger partial charge in [0.05, 0.1) is 5.69 Å². The number of nitrogens with one attached hydrogen (secondary N) is 1. The lowest BCUT2D eigenvalue weighted by Gasteiger charge is -2.09. The summed E-state index contributed by atoms with van der Waals surface area (Å²) in [6.07, 6.45) is 0. The molecule has 1 aromatic carbocycles. The van der Waals surface area contributed by atoms with Crippen molar-refractivity contribution in [3.8, 4) is 5.75 Å². The van der Waals surface area contributed by atoms with E-state index in [0.717, 1.165) is 0 Å². The molecule has 0 bridgehead atoms. The summed E-state index contributed by atoms with van der Waals surface area (Å²) in [5.74, 6) is -0.255. The molecule has 4 heteroatoms. The lowest BCUT2D eigenvalue weighted by molar-refractivity contribution is -0.118. The highest BCUT2D eigenvalue weighted by Gasteiger charge is 2.09. The van der Waals surface area contributed by atoms with E-state index in [1.165, 1.54) is 12.1 Å². The van der Waals surface area contributed by atoms with Crippen LogP contribution in [0, 0.1) is 5.92 Å². The quantitative estimate of drug-likeness (QED) is 0.380. The molecule has 4 nitrogen and oxygen atoms in total. The molecule has 0 spiro atoms. The van der Waals surface area contributed by atoms with Crippen molar-refractivity contribution >= 4 is 17.3 Å². The lowest BCUT2D eigenvalue weighted by atomic mass is 10.2. The summed E-state index contributed by atoms with van der Waals surface area (Å²) in [6.45, 7) is 3.55. The Morgan fingerprint density at radius 1 is 1.50 bits per heavy atom. The summed E-state index contributed by atoms with van der Waals surface area (Å²) in [5, 5.41) is 12.0. The molecule has 0 atom stereocenters. The van der Waals surface area contributed by atoms with Crippen LogP contribution in [-0.2, 0) is 4.79 Å². The molecular weight excluding hydrogens is 180 g/mol. The van der Waals surface area contributed by atoms with Gasteiger partial charge >= 0.3 is 0 Å². The number of aromatic hydroxyl groups is 1. The minimum absolute atomic E-state index is 0.0215. The van der Waals surface area contributed by atoms with Crippen molar-refractivity contribution in [3.63, 3.8) is 0 Å². The molecule has 0 aromatic heterocycles. The van der Waals surface area contributed by atoms with Crippen LogP contribution in [0.15, 0.2) is 18.2 Å². The predicted molar refractivity (Wildman–Crippen MR) is 56.0 cm³/mol. The van der Waals surface area contributed by atoms with Crippen LogP contribution >= 0.6 is 0 Å². The maximum atomic E-state index is 11.3. The van der Waals surface area contributed by atoms with Crippen LogP contribution in [0.25, 0.3) is 0 Å². The molecule has 14 heavy (non-hydrogen) atoms. The first-order chi connectivity index (χ1) is 6.50. The molecule has 4 N–H and O–H groups in total. The number of benzene rings is 1. The molecule has 0 saturated carbocycles. The molecule has 0 fully saturated rings. The first-order valence-electron chi connectivity index (χ1n) is 4.40. The van der Waals surface area contributed by atoms with Gasteiger partial charge in [0, 0.05) is 11.6 Å². The number of nitrogens with two attached hydrogens (primary N) is 1. The maximum absolute atomic E-state index is 11.3. The number of carbonyl (C=O) groups excluding carboxylic acids is 1. The smallest absolute Gasteiger partial charge is 0.227 e. The van der Waals surface area contributed by atoms with Crippen molar-refractivity contribution in [1.82, 2.24) is 0 Å². The van der Waals surface area contributed by atoms with Crippen LogP contribution in [-0.4, -0.2) is 11.0 Å². The topological polar surface area (TPSA) is 75.4 Å². The van der Waals surface area contributed by atoms with Gasteiger partial charge in [-0.1, -0.05) is 13.8 Å². The molecule has 1 amide bonds. The van der Waals surface area contributed by atoms with Gasteiger partial charge in [-0.05, 0) is 18.2 Å². The Labute approximate surface area is 82.7 Å². The number of carbonyl (C=O) groups is 1. The van der Waals surface area contributed by atoms with E-state index in [9.17, 15) is 9.90 Å². The fourth-order valence-electron chi connectivity index (χ4n) is 0.931. The molecular formula is C10H14N2O2. The summed E-state index contributed by atoms with van der Waals surface area (Å²) in [6, 6.07) is 4.54. The zero-order chi connectivity index (χ0) is 10.7. The Hall–Kier alpha value is -1.71. The number of phenols is 1. The number of amides is 1. The van der Waals surface area contributed by atoms with Crippen LogP contribution in [0.4, 0.5) is 11.4 Å². The van der Waals surface area contributed by atoms with Gasteiger partial charge in [0.1, 0.15) is 5.75 Å². The van der Waals surface area contributed by atoms with Gasteiger partial charge in [0.25, 0.3) is 0 Å². The average Bonchev–Trinajstić information content (AvgIpc) is 2.11. The van der Waals surface area contributed by atoms with Gasteiger partial charge < -0.3 is 16.2 Å². The largest absolute Gasteiger partial charge is 0.506 e. The normalized spacial score (nSPS) is 10.2. The van der Waals surface area contributed by atoms with Gasteiger partial charge in [-0.15, -0.1) is 0 Å². The minimum atomic E-state index is -0.147. The molecule has 0 aliphatic carbocycles. The highest BCUT2D eigenvalue weighted by atomic mass is 16.3. The third-order valence-corrected chi connectivity index (χ3v) is 1.80. The minimum Gasteiger partial charge on any atom is -0.506 e. The average molecular weight is 194 g/mol. The molecule has 0 unspecified atom stereocenters. The van der Waals surface area contributed by atoms with E-state index < -0.39 is 0 Å². The van der Waals surface area contributed by atoms with E-state index in [0.29, 0.717) is 11.4 Å². The third kappa shape index (κ3) is 2.39.